The van der Waals surface area contributed by atoms with Crippen molar-refractivity contribution in [2.24, 2.45) is 0 Å². The van der Waals surface area contributed by atoms with Gasteiger partial charge < -0.3 is 14.5 Å². The lowest BCUT2D eigenvalue weighted by molar-refractivity contribution is -0.388. The largest absolute Gasteiger partial charge is 0.495 e. The Hall–Kier alpha value is -2.97. The molecule has 0 aromatic heterocycles. The molecule has 1 aliphatic rings. The molecule has 9 heteroatoms. The van der Waals surface area contributed by atoms with E-state index in [-0.39, 0.29) is 0 Å². The first-order chi connectivity index (χ1) is 12.8. The number of methoxy groups -OCH3 is 1. The number of alkyl halides is 3. The molecule has 3 rings (SSSR count). The molecule has 2 aromatic carbocycles. The molecule has 2 aromatic rings. The highest BCUT2D eigenvalue weighted by atomic mass is 19.4. The summed E-state index contributed by atoms with van der Waals surface area (Å²) >= 11 is 0. The number of hydrogen-bond acceptors (Lipinski definition) is 5. The molecule has 144 valence electrons. The highest BCUT2D eigenvalue weighted by molar-refractivity contribution is 5.61. The quantitative estimate of drug-likeness (QED) is 0.593. The van der Waals surface area contributed by atoms with E-state index >= 15 is 0 Å². The molecule has 0 radical (unpaired) electrons. The molecule has 0 saturated carbocycles. The molecule has 1 fully saturated rings. The van der Waals surface area contributed by atoms with E-state index in [4.69, 9.17) is 4.74 Å². The van der Waals surface area contributed by atoms with Gasteiger partial charge in [-0.3, -0.25) is 10.1 Å². The first kappa shape index (κ1) is 18.8. The number of hydrogen-bond donors (Lipinski definition) is 0. The number of para-hydroxylation sites is 2. The zero-order valence-corrected chi connectivity index (χ0v) is 14.6. The summed E-state index contributed by atoms with van der Waals surface area (Å²) in [6.45, 7) is 2.18. The van der Waals surface area contributed by atoms with Crippen LogP contribution in [0.2, 0.25) is 0 Å². The van der Waals surface area contributed by atoms with Crippen molar-refractivity contribution < 1.29 is 22.8 Å². The van der Waals surface area contributed by atoms with Crippen LogP contribution in [-0.4, -0.2) is 38.2 Å². The fraction of sp³-hybridized carbons (Fsp3) is 0.333. The predicted octanol–water partition coefficient (Wildman–Crippen LogP) is 3.95. The lowest BCUT2D eigenvalue weighted by Crippen LogP contribution is -2.46. The van der Waals surface area contributed by atoms with Crippen molar-refractivity contribution in [3.05, 3.63) is 58.1 Å². The van der Waals surface area contributed by atoms with Crippen LogP contribution in [-0.2, 0) is 6.18 Å². The van der Waals surface area contributed by atoms with Gasteiger partial charge in [-0.1, -0.05) is 12.1 Å². The SMILES string of the molecule is COc1ccccc1N1CCN(c2ccc([N+](=O)[O-])c(C(F)(F)F)c2)CC1. The summed E-state index contributed by atoms with van der Waals surface area (Å²) in [6, 6.07) is 10.7. The van der Waals surface area contributed by atoms with Crippen molar-refractivity contribution in [1.82, 2.24) is 0 Å². The summed E-state index contributed by atoms with van der Waals surface area (Å²) in [5.41, 5.74) is -0.900. The lowest BCUT2D eigenvalue weighted by atomic mass is 10.1. The fourth-order valence-electron chi connectivity index (χ4n) is 3.20. The molecule has 0 spiro atoms. The van der Waals surface area contributed by atoms with E-state index in [1.165, 1.54) is 6.07 Å². The van der Waals surface area contributed by atoms with Crippen molar-refractivity contribution in [3.63, 3.8) is 0 Å². The van der Waals surface area contributed by atoms with Gasteiger partial charge in [0.2, 0.25) is 0 Å². The molecule has 1 aliphatic heterocycles. The van der Waals surface area contributed by atoms with Gasteiger partial charge in [0, 0.05) is 37.9 Å². The number of nitro benzene ring substituents is 1. The average molecular weight is 381 g/mol. The summed E-state index contributed by atoms with van der Waals surface area (Å²) in [4.78, 5) is 13.8. The number of halogens is 3. The average Bonchev–Trinajstić information content (AvgIpc) is 2.67. The third-order valence-corrected chi connectivity index (χ3v) is 4.55. The van der Waals surface area contributed by atoms with Crippen molar-refractivity contribution in [1.29, 1.82) is 0 Å². The number of anilines is 2. The molecule has 1 saturated heterocycles. The van der Waals surface area contributed by atoms with Crippen LogP contribution in [0.5, 0.6) is 5.75 Å². The Morgan fingerprint density at radius 1 is 1.04 bits per heavy atom. The van der Waals surface area contributed by atoms with Crippen molar-refractivity contribution >= 4 is 17.1 Å². The normalized spacial score (nSPS) is 15.0. The zero-order valence-electron chi connectivity index (χ0n) is 14.6. The van der Waals surface area contributed by atoms with Crippen molar-refractivity contribution in [3.8, 4) is 5.75 Å². The van der Waals surface area contributed by atoms with E-state index < -0.39 is 22.4 Å². The van der Waals surface area contributed by atoms with Crippen LogP contribution in [0.4, 0.5) is 30.2 Å². The summed E-state index contributed by atoms with van der Waals surface area (Å²) in [6.07, 6.45) is -4.78. The van der Waals surface area contributed by atoms with E-state index in [2.05, 4.69) is 4.90 Å². The van der Waals surface area contributed by atoms with Crippen LogP contribution >= 0.6 is 0 Å². The molecule has 0 bridgehead atoms. The van der Waals surface area contributed by atoms with Crippen molar-refractivity contribution in [2.45, 2.75) is 6.18 Å². The second kappa shape index (κ2) is 7.34. The van der Waals surface area contributed by atoms with Gasteiger partial charge in [0.15, 0.2) is 0 Å². The third kappa shape index (κ3) is 3.91. The lowest BCUT2D eigenvalue weighted by Gasteiger charge is -2.38. The predicted molar refractivity (Wildman–Crippen MR) is 95.5 cm³/mol. The van der Waals surface area contributed by atoms with Gasteiger partial charge in [0.1, 0.15) is 11.3 Å². The molecule has 1 heterocycles. The summed E-state index contributed by atoms with van der Waals surface area (Å²) in [7, 11) is 1.59. The van der Waals surface area contributed by atoms with Crippen LogP contribution in [0.15, 0.2) is 42.5 Å². The first-order valence-electron chi connectivity index (χ1n) is 8.30. The van der Waals surface area contributed by atoms with E-state index in [1.807, 2.05) is 24.3 Å². The standard InChI is InChI=1S/C18H18F3N3O3/c1-27-17-5-3-2-4-16(17)23-10-8-22(9-11-23)13-6-7-15(24(25)26)14(12-13)18(19,20)21/h2-7,12H,8-11H2,1H3. The Balaban J connectivity index is 1.79. The summed E-state index contributed by atoms with van der Waals surface area (Å²) in [5, 5.41) is 10.9. The van der Waals surface area contributed by atoms with Crippen LogP contribution in [0.1, 0.15) is 5.56 Å². The Labute approximate surface area is 153 Å². The number of rotatable bonds is 4. The molecule has 0 amide bonds. The van der Waals surface area contributed by atoms with Crippen LogP contribution < -0.4 is 14.5 Å². The minimum absolute atomic E-state index is 0.326. The molecular weight excluding hydrogens is 363 g/mol. The maximum absolute atomic E-state index is 13.2. The molecule has 0 unspecified atom stereocenters. The van der Waals surface area contributed by atoms with Gasteiger partial charge in [-0.2, -0.15) is 13.2 Å². The van der Waals surface area contributed by atoms with Crippen LogP contribution in [0.25, 0.3) is 0 Å². The van der Waals surface area contributed by atoms with Gasteiger partial charge in [-0.05, 0) is 24.3 Å². The molecular formula is C18H18F3N3O3. The second-order valence-electron chi connectivity index (χ2n) is 6.10. The smallest absolute Gasteiger partial charge is 0.423 e. The zero-order chi connectivity index (χ0) is 19.6. The summed E-state index contributed by atoms with van der Waals surface area (Å²) < 4.78 is 44.9. The van der Waals surface area contributed by atoms with E-state index in [0.29, 0.717) is 31.9 Å². The number of benzene rings is 2. The Morgan fingerprint density at radius 2 is 1.67 bits per heavy atom. The number of piperazine rings is 1. The van der Waals surface area contributed by atoms with Gasteiger partial charge in [-0.15, -0.1) is 0 Å². The molecule has 27 heavy (non-hydrogen) atoms. The topological polar surface area (TPSA) is 58.8 Å². The van der Waals surface area contributed by atoms with E-state index in [9.17, 15) is 23.3 Å². The van der Waals surface area contributed by atoms with Gasteiger partial charge in [0.05, 0.1) is 17.7 Å². The summed E-state index contributed by atoms with van der Waals surface area (Å²) in [5.74, 6) is 0.737. The Morgan fingerprint density at radius 3 is 2.26 bits per heavy atom. The molecule has 0 N–H and O–H groups in total. The molecule has 6 nitrogen and oxygen atoms in total. The van der Waals surface area contributed by atoms with Crippen LogP contribution in [0, 0.1) is 10.1 Å². The van der Waals surface area contributed by atoms with Gasteiger partial charge in [-0.25, -0.2) is 0 Å². The number of nitrogens with zero attached hydrogens (tertiary/aromatic N) is 3. The maximum Gasteiger partial charge on any atom is 0.423 e. The Bertz CT molecular complexity index is 834. The highest BCUT2D eigenvalue weighted by Crippen LogP contribution is 2.38. The van der Waals surface area contributed by atoms with Crippen molar-refractivity contribution in [2.75, 3.05) is 43.1 Å². The van der Waals surface area contributed by atoms with E-state index in [1.54, 1.807) is 12.0 Å². The number of ether oxygens (including phenoxy) is 1. The van der Waals surface area contributed by atoms with Gasteiger partial charge in [0.25, 0.3) is 5.69 Å². The monoisotopic (exact) mass is 381 g/mol. The molecule has 0 atom stereocenters. The number of nitro groups is 1. The van der Waals surface area contributed by atoms with Gasteiger partial charge >= 0.3 is 6.18 Å². The third-order valence-electron chi connectivity index (χ3n) is 4.55. The Kier molecular flexibility index (Phi) is 5.11. The highest BCUT2D eigenvalue weighted by Gasteiger charge is 2.39. The second-order valence-corrected chi connectivity index (χ2v) is 6.10. The maximum atomic E-state index is 13.2. The minimum Gasteiger partial charge on any atom is -0.495 e. The minimum atomic E-state index is -4.78. The molecule has 0 aliphatic carbocycles. The van der Waals surface area contributed by atoms with E-state index in [0.717, 1.165) is 23.6 Å². The van der Waals surface area contributed by atoms with Crippen LogP contribution in [0.3, 0.4) is 0 Å². The first-order valence-corrected chi connectivity index (χ1v) is 8.30. The fourth-order valence-corrected chi connectivity index (χ4v) is 3.20.